The summed E-state index contributed by atoms with van der Waals surface area (Å²) in [5.41, 5.74) is 2.43. The quantitative estimate of drug-likeness (QED) is 0.147. The van der Waals surface area contributed by atoms with Crippen LogP contribution in [0.2, 0.25) is 5.02 Å². The first kappa shape index (κ1) is 23.9. The number of nitrogens with one attached hydrogen (secondary N) is 1. The minimum atomic E-state index is -0.648. The molecule has 0 unspecified atom stereocenters. The lowest BCUT2D eigenvalue weighted by molar-refractivity contribution is -0.384. The summed E-state index contributed by atoms with van der Waals surface area (Å²) in [4.78, 5) is 34.9. The van der Waals surface area contributed by atoms with Crippen LogP contribution in [0.25, 0.3) is 0 Å². The van der Waals surface area contributed by atoms with E-state index in [2.05, 4.69) is 26.5 Å². The molecule has 0 aliphatic heterocycles. The molecule has 0 bridgehead atoms. The second-order valence-corrected chi connectivity index (χ2v) is 7.68. The number of halogens is 2. The number of carbonyl (C=O) groups excluding carboxylic acids is 2. The predicted molar refractivity (Wildman–Crippen MR) is 125 cm³/mol. The highest BCUT2D eigenvalue weighted by Gasteiger charge is 2.15. The van der Waals surface area contributed by atoms with Gasteiger partial charge in [-0.05, 0) is 52.3 Å². The van der Waals surface area contributed by atoms with Crippen LogP contribution in [0.4, 0.5) is 5.69 Å². The van der Waals surface area contributed by atoms with Crippen LogP contribution < -0.4 is 14.9 Å². The number of carbonyl (C=O) groups is 2. The molecule has 1 N–H and O–H groups in total. The van der Waals surface area contributed by atoms with E-state index in [9.17, 15) is 19.7 Å². The van der Waals surface area contributed by atoms with Crippen molar-refractivity contribution in [3.63, 3.8) is 0 Å². The monoisotopic (exact) mass is 531 g/mol. The van der Waals surface area contributed by atoms with Gasteiger partial charge in [0.05, 0.1) is 21.2 Å². The van der Waals surface area contributed by atoms with Crippen molar-refractivity contribution >= 4 is 51.3 Å². The number of rotatable bonds is 8. The van der Waals surface area contributed by atoms with Crippen molar-refractivity contribution < 1.29 is 24.0 Å². The average molecular weight is 533 g/mol. The van der Waals surface area contributed by atoms with Crippen molar-refractivity contribution in [3.8, 4) is 11.5 Å². The summed E-state index contributed by atoms with van der Waals surface area (Å²) in [6, 6.07) is 16.7. The lowest BCUT2D eigenvalue weighted by Crippen LogP contribution is -2.24. The number of hydrogen-bond acceptors (Lipinski definition) is 7. The molecular formula is C22H15BrClN3O6. The van der Waals surface area contributed by atoms with E-state index in [0.29, 0.717) is 20.8 Å². The number of non-ortho nitro benzene ring substituents is 1. The summed E-state index contributed by atoms with van der Waals surface area (Å²) in [5.74, 6) is -0.785. The summed E-state index contributed by atoms with van der Waals surface area (Å²) in [6.45, 7) is -0.345. The molecule has 0 saturated heterocycles. The third-order valence-electron chi connectivity index (χ3n) is 4.06. The van der Waals surface area contributed by atoms with Gasteiger partial charge in [-0.25, -0.2) is 10.2 Å². The Labute approximate surface area is 201 Å². The largest absolute Gasteiger partial charge is 0.483 e. The first-order chi connectivity index (χ1) is 15.8. The molecule has 0 spiro atoms. The summed E-state index contributed by atoms with van der Waals surface area (Å²) < 4.78 is 11.3. The molecular weight excluding hydrogens is 518 g/mol. The van der Waals surface area contributed by atoms with Crippen LogP contribution in [0.1, 0.15) is 15.9 Å². The highest BCUT2D eigenvalue weighted by atomic mass is 79.9. The van der Waals surface area contributed by atoms with Crippen molar-refractivity contribution in [2.45, 2.75) is 0 Å². The lowest BCUT2D eigenvalue weighted by atomic mass is 10.2. The van der Waals surface area contributed by atoms with E-state index in [-0.39, 0.29) is 23.6 Å². The first-order valence-corrected chi connectivity index (χ1v) is 10.5. The SMILES string of the molecule is O=C(COc1ccc(Cl)cc1Br)N/N=C\c1cc([N+](=O)[O-])ccc1OC(=O)c1ccccc1. The van der Waals surface area contributed by atoms with Crippen LogP contribution >= 0.6 is 27.5 Å². The normalized spacial score (nSPS) is 10.6. The fourth-order valence-electron chi connectivity index (χ4n) is 2.52. The van der Waals surface area contributed by atoms with Gasteiger partial charge >= 0.3 is 5.97 Å². The van der Waals surface area contributed by atoms with Gasteiger partial charge in [0.15, 0.2) is 6.61 Å². The molecule has 11 heteroatoms. The molecule has 3 aromatic carbocycles. The first-order valence-electron chi connectivity index (χ1n) is 9.29. The number of nitrogens with zero attached hydrogens (tertiary/aromatic N) is 2. The molecule has 0 heterocycles. The van der Waals surface area contributed by atoms with Crippen molar-refractivity contribution in [3.05, 3.63) is 97.5 Å². The van der Waals surface area contributed by atoms with E-state index in [1.54, 1.807) is 48.5 Å². The van der Waals surface area contributed by atoms with Crippen LogP contribution in [-0.2, 0) is 4.79 Å². The van der Waals surface area contributed by atoms with Crippen LogP contribution in [0.5, 0.6) is 11.5 Å². The lowest BCUT2D eigenvalue weighted by Gasteiger charge is -2.08. The van der Waals surface area contributed by atoms with Gasteiger partial charge in [-0.15, -0.1) is 0 Å². The number of hydrazone groups is 1. The zero-order valence-corrected chi connectivity index (χ0v) is 19.1. The van der Waals surface area contributed by atoms with Crippen molar-refractivity contribution in [1.82, 2.24) is 5.43 Å². The molecule has 168 valence electrons. The molecule has 0 fully saturated rings. The topological polar surface area (TPSA) is 120 Å². The Bertz CT molecular complexity index is 1220. The van der Waals surface area contributed by atoms with Crippen LogP contribution in [0, 0.1) is 10.1 Å². The van der Waals surface area contributed by atoms with Gasteiger partial charge in [0.2, 0.25) is 0 Å². The fraction of sp³-hybridized carbons (Fsp3) is 0.0455. The number of hydrogen-bond donors (Lipinski definition) is 1. The maximum atomic E-state index is 12.3. The number of ether oxygens (including phenoxy) is 2. The Morgan fingerprint density at radius 1 is 1.09 bits per heavy atom. The van der Waals surface area contributed by atoms with Gasteiger partial charge in [-0.2, -0.15) is 5.10 Å². The van der Waals surface area contributed by atoms with Crippen molar-refractivity contribution in [2.75, 3.05) is 6.61 Å². The summed E-state index contributed by atoms with van der Waals surface area (Å²) in [7, 11) is 0. The van der Waals surface area contributed by atoms with Gasteiger partial charge in [0.25, 0.3) is 11.6 Å². The number of benzene rings is 3. The Morgan fingerprint density at radius 2 is 1.82 bits per heavy atom. The van der Waals surface area contributed by atoms with E-state index >= 15 is 0 Å². The Hall–Kier alpha value is -3.76. The van der Waals surface area contributed by atoms with Crippen LogP contribution in [0.3, 0.4) is 0 Å². The molecule has 33 heavy (non-hydrogen) atoms. The van der Waals surface area contributed by atoms with Gasteiger partial charge in [-0.1, -0.05) is 29.8 Å². The van der Waals surface area contributed by atoms with E-state index in [1.165, 1.54) is 18.2 Å². The average Bonchev–Trinajstić information content (AvgIpc) is 2.80. The Kier molecular flexibility index (Phi) is 8.11. The number of nitro benzene ring substituents is 1. The molecule has 3 aromatic rings. The Balaban J connectivity index is 1.68. The zero-order chi connectivity index (χ0) is 23.8. The van der Waals surface area contributed by atoms with Gasteiger partial charge in [0.1, 0.15) is 11.5 Å². The second kappa shape index (κ2) is 11.2. The third-order valence-corrected chi connectivity index (χ3v) is 4.92. The zero-order valence-electron chi connectivity index (χ0n) is 16.7. The third kappa shape index (κ3) is 6.86. The summed E-state index contributed by atoms with van der Waals surface area (Å²) >= 11 is 9.13. The highest BCUT2D eigenvalue weighted by Crippen LogP contribution is 2.28. The summed E-state index contributed by atoms with van der Waals surface area (Å²) in [5, 5.41) is 15.4. The molecule has 0 aliphatic carbocycles. The second-order valence-electron chi connectivity index (χ2n) is 6.39. The smallest absolute Gasteiger partial charge is 0.343 e. The predicted octanol–water partition coefficient (Wildman–Crippen LogP) is 4.76. The van der Waals surface area contributed by atoms with Crippen LogP contribution in [-0.4, -0.2) is 29.6 Å². The van der Waals surface area contributed by atoms with Gasteiger partial charge in [-0.3, -0.25) is 14.9 Å². The van der Waals surface area contributed by atoms with Crippen LogP contribution in [0.15, 0.2) is 76.3 Å². The minimum absolute atomic E-state index is 0.0359. The number of nitro groups is 1. The molecule has 0 radical (unpaired) electrons. The van der Waals surface area contributed by atoms with Gasteiger partial charge in [0, 0.05) is 22.7 Å². The molecule has 9 nitrogen and oxygen atoms in total. The molecule has 0 aromatic heterocycles. The fourth-order valence-corrected chi connectivity index (χ4v) is 3.32. The molecule has 1 amide bonds. The summed E-state index contributed by atoms with van der Waals surface area (Å²) in [6.07, 6.45) is 1.14. The maximum Gasteiger partial charge on any atom is 0.343 e. The van der Waals surface area contributed by atoms with Crippen molar-refractivity contribution in [1.29, 1.82) is 0 Å². The number of amides is 1. The highest BCUT2D eigenvalue weighted by molar-refractivity contribution is 9.10. The Morgan fingerprint density at radius 3 is 2.52 bits per heavy atom. The van der Waals surface area contributed by atoms with E-state index < -0.39 is 16.8 Å². The molecule has 0 aliphatic rings. The van der Waals surface area contributed by atoms with E-state index in [0.717, 1.165) is 6.21 Å². The maximum absolute atomic E-state index is 12.3. The molecule has 0 saturated carbocycles. The van der Waals surface area contributed by atoms with Crippen molar-refractivity contribution in [2.24, 2.45) is 5.10 Å². The van der Waals surface area contributed by atoms with E-state index in [4.69, 9.17) is 21.1 Å². The molecule has 0 atom stereocenters. The van der Waals surface area contributed by atoms with Gasteiger partial charge < -0.3 is 9.47 Å². The standard InChI is InChI=1S/C22H15BrClN3O6/c23-18-11-16(24)6-8-20(18)32-13-21(28)26-25-12-15-10-17(27(30)31)7-9-19(15)33-22(29)14-4-2-1-3-5-14/h1-12H,13H2,(H,26,28)/b25-12-. The molecule has 3 rings (SSSR count). The van der Waals surface area contributed by atoms with E-state index in [1.807, 2.05) is 0 Å². The number of esters is 1. The minimum Gasteiger partial charge on any atom is -0.483 e.